The monoisotopic (exact) mass is 382 g/mol. The molecule has 2 aliphatic rings. The number of nitrogens with zero attached hydrogens (tertiary/aromatic N) is 2. The minimum atomic E-state index is -0.397. The van der Waals surface area contributed by atoms with E-state index in [1.165, 1.54) is 11.3 Å². The Labute approximate surface area is 164 Å². The Morgan fingerprint density at radius 2 is 2.29 bits per heavy atom. The molecule has 1 fully saturated rings. The lowest BCUT2D eigenvalue weighted by Gasteiger charge is -2.20. The van der Waals surface area contributed by atoms with E-state index >= 15 is 0 Å². The normalized spacial score (nSPS) is 23.8. The summed E-state index contributed by atoms with van der Waals surface area (Å²) in [4.78, 5) is 12.0. The first-order chi connectivity index (χ1) is 13.5. The molecule has 28 heavy (non-hydrogen) atoms. The molecule has 1 amide bonds. The first-order valence-corrected chi connectivity index (χ1v) is 9.89. The maximum Gasteiger partial charge on any atom is 0.407 e. The zero-order valence-electron chi connectivity index (χ0n) is 16.2. The van der Waals surface area contributed by atoms with E-state index in [-0.39, 0.29) is 24.3 Å². The summed E-state index contributed by atoms with van der Waals surface area (Å²) in [5.41, 5.74) is 4.05. The number of aliphatic hydroxyl groups is 1. The minimum Gasteiger partial charge on any atom is -0.447 e. The molecule has 7 heteroatoms. The molecule has 7 nitrogen and oxygen atoms in total. The van der Waals surface area contributed by atoms with Crippen molar-refractivity contribution in [3.8, 4) is 6.07 Å². The van der Waals surface area contributed by atoms with Gasteiger partial charge in [-0.25, -0.2) is 4.79 Å². The zero-order chi connectivity index (χ0) is 19.8. The highest BCUT2D eigenvalue weighted by Gasteiger charge is 2.32. The maximum absolute atomic E-state index is 12.0. The number of carbonyl (C=O) groups excluding carboxylic acids is 1. The van der Waals surface area contributed by atoms with Gasteiger partial charge in [-0.15, -0.1) is 0 Å². The van der Waals surface area contributed by atoms with Crippen LogP contribution in [0.5, 0.6) is 0 Å². The molecule has 4 rings (SSSR count). The van der Waals surface area contributed by atoms with Crippen molar-refractivity contribution in [3.05, 3.63) is 35.0 Å². The summed E-state index contributed by atoms with van der Waals surface area (Å²) < 4.78 is 7.46. The third kappa shape index (κ3) is 3.46. The van der Waals surface area contributed by atoms with E-state index in [1.807, 2.05) is 32.0 Å². The summed E-state index contributed by atoms with van der Waals surface area (Å²) >= 11 is 0. The summed E-state index contributed by atoms with van der Waals surface area (Å²) in [6, 6.07) is 7.95. The summed E-state index contributed by atoms with van der Waals surface area (Å²) in [6.07, 6.45) is 1.26. The zero-order valence-corrected chi connectivity index (χ0v) is 16.2. The van der Waals surface area contributed by atoms with Crippen molar-refractivity contribution >= 4 is 17.0 Å². The van der Waals surface area contributed by atoms with Crippen LogP contribution >= 0.6 is 0 Å². The smallest absolute Gasteiger partial charge is 0.407 e. The van der Waals surface area contributed by atoms with Gasteiger partial charge in [-0.3, -0.25) is 0 Å². The lowest BCUT2D eigenvalue weighted by atomic mass is 10.1. The van der Waals surface area contributed by atoms with E-state index in [2.05, 4.69) is 21.3 Å². The number of nitrogens with one attached hydrogen (secondary N) is 2. The fraction of sp³-hybridized carbons (Fsp3) is 0.524. The maximum atomic E-state index is 12.0. The summed E-state index contributed by atoms with van der Waals surface area (Å²) in [5.74, 6) is 0. The highest BCUT2D eigenvalue weighted by molar-refractivity contribution is 5.88. The van der Waals surface area contributed by atoms with Crippen LogP contribution in [0, 0.1) is 11.3 Å². The number of fused-ring (bicyclic) bond motifs is 3. The van der Waals surface area contributed by atoms with Crippen LogP contribution in [0.3, 0.4) is 0 Å². The number of alkyl carbamates (subject to hydrolysis) is 1. The molecule has 1 saturated heterocycles. The highest BCUT2D eigenvalue weighted by Crippen LogP contribution is 2.34. The van der Waals surface area contributed by atoms with Gasteiger partial charge in [0.2, 0.25) is 0 Å². The molecule has 1 aliphatic carbocycles. The molecule has 0 spiro atoms. The number of nitriles is 1. The van der Waals surface area contributed by atoms with Crippen LogP contribution in [0.2, 0.25) is 0 Å². The minimum absolute atomic E-state index is 0.00765. The fourth-order valence-electron chi connectivity index (χ4n) is 4.42. The van der Waals surface area contributed by atoms with Crippen molar-refractivity contribution in [1.29, 1.82) is 5.26 Å². The number of amides is 1. The number of hydrogen-bond donors (Lipinski definition) is 3. The number of aliphatic hydroxyl groups excluding tert-OH is 1. The molecule has 3 N–H and O–H groups in total. The van der Waals surface area contributed by atoms with Gasteiger partial charge in [-0.05, 0) is 57.0 Å². The number of carbonyl (C=O) groups is 1. The average Bonchev–Trinajstić information content (AvgIpc) is 3.30. The second-order valence-corrected chi connectivity index (χ2v) is 8.00. The van der Waals surface area contributed by atoms with Gasteiger partial charge in [0.25, 0.3) is 0 Å². The predicted octanol–water partition coefficient (Wildman–Crippen LogP) is 1.84. The molecule has 0 bridgehead atoms. The van der Waals surface area contributed by atoms with Crippen molar-refractivity contribution in [3.63, 3.8) is 0 Å². The van der Waals surface area contributed by atoms with E-state index in [0.717, 1.165) is 23.9 Å². The van der Waals surface area contributed by atoms with Gasteiger partial charge in [-0.1, -0.05) is 0 Å². The Bertz CT molecular complexity index is 943. The Morgan fingerprint density at radius 1 is 1.46 bits per heavy atom. The number of ether oxygens (including phenoxy) is 1. The molecule has 148 valence electrons. The summed E-state index contributed by atoms with van der Waals surface area (Å²) in [6.45, 7) is 5.14. The quantitative estimate of drug-likeness (QED) is 0.749. The Kier molecular flexibility index (Phi) is 5.00. The van der Waals surface area contributed by atoms with Crippen molar-refractivity contribution in [2.45, 2.75) is 63.9 Å². The van der Waals surface area contributed by atoms with Gasteiger partial charge in [0.15, 0.2) is 0 Å². The van der Waals surface area contributed by atoms with Crippen LogP contribution in [0.4, 0.5) is 4.79 Å². The second kappa shape index (κ2) is 7.46. The van der Waals surface area contributed by atoms with Gasteiger partial charge >= 0.3 is 6.09 Å². The summed E-state index contributed by atoms with van der Waals surface area (Å²) in [7, 11) is 0. The van der Waals surface area contributed by atoms with Crippen molar-refractivity contribution in [2.24, 2.45) is 0 Å². The van der Waals surface area contributed by atoms with Gasteiger partial charge in [0, 0.05) is 35.6 Å². The molecule has 3 atom stereocenters. The van der Waals surface area contributed by atoms with E-state index in [0.29, 0.717) is 24.9 Å². The van der Waals surface area contributed by atoms with Gasteiger partial charge in [0.05, 0.1) is 29.9 Å². The molecule has 1 aromatic carbocycles. The molecule has 0 radical (unpaired) electrons. The number of hydrogen-bond acceptors (Lipinski definition) is 5. The van der Waals surface area contributed by atoms with Crippen LogP contribution in [0.15, 0.2) is 18.2 Å². The van der Waals surface area contributed by atoms with Gasteiger partial charge in [0.1, 0.15) is 0 Å². The van der Waals surface area contributed by atoms with Gasteiger partial charge in [-0.2, -0.15) is 5.26 Å². The SMILES string of the molecule is CC(C)OC(=O)N[C@H]1Cc2c(n(CC3NCCC3O)c3ccc(C#N)cc23)C1. The van der Waals surface area contributed by atoms with Crippen LogP contribution < -0.4 is 10.6 Å². The molecule has 1 aromatic heterocycles. The van der Waals surface area contributed by atoms with Crippen LogP contribution in [-0.4, -0.2) is 46.6 Å². The first kappa shape index (κ1) is 18.8. The largest absolute Gasteiger partial charge is 0.447 e. The van der Waals surface area contributed by atoms with Crippen LogP contribution in [0.1, 0.15) is 37.1 Å². The van der Waals surface area contributed by atoms with E-state index in [4.69, 9.17) is 4.74 Å². The topological polar surface area (TPSA) is 99.3 Å². The molecule has 1 aliphatic heterocycles. The third-order valence-corrected chi connectivity index (χ3v) is 5.66. The number of aromatic nitrogens is 1. The fourth-order valence-corrected chi connectivity index (χ4v) is 4.42. The Hall–Kier alpha value is -2.56. The van der Waals surface area contributed by atoms with Crippen LogP contribution in [-0.2, 0) is 24.1 Å². The molecule has 2 heterocycles. The van der Waals surface area contributed by atoms with E-state index < -0.39 is 6.09 Å². The standard InChI is InChI=1S/C21H26N4O3/c1-12(2)28-21(27)24-14-8-16-15-7-13(10-22)3-4-18(15)25(19(16)9-14)11-17-20(26)5-6-23-17/h3-4,7,12,14,17,20,23,26H,5-6,8-9,11H2,1-2H3,(H,24,27)/t14-,17?,20?/m0/s1. The van der Waals surface area contributed by atoms with Crippen LogP contribution in [0.25, 0.3) is 10.9 Å². The lowest BCUT2D eigenvalue weighted by molar-refractivity contribution is 0.112. The molecular formula is C21H26N4O3. The number of rotatable bonds is 4. The lowest BCUT2D eigenvalue weighted by Crippen LogP contribution is -2.38. The van der Waals surface area contributed by atoms with E-state index in [9.17, 15) is 15.2 Å². The predicted molar refractivity (Wildman–Crippen MR) is 105 cm³/mol. The second-order valence-electron chi connectivity index (χ2n) is 8.00. The molecule has 2 unspecified atom stereocenters. The number of benzene rings is 1. The molecule has 0 saturated carbocycles. The molecule has 2 aromatic rings. The first-order valence-electron chi connectivity index (χ1n) is 9.89. The molecular weight excluding hydrogens is 356 g/mol. The highest BCUT2D eigenvalue weighted by atomic mass is 16.6. The van der Waals surface area contributed by atoms with Gasteiger partial charge < -0.3 is 25.0 Å². The van der Waals surface area contributed by atoms with Crippen molar-refractivity contribution in [1.82, 2.24) is 15.2 Å². The van der Waals surface area contributed by atoms with Crippen molar-refractivity contribution < 1.29 is 14.6 Å². The van der Waals surface area contributed by atoms with Crippen molar-refractivity contribution in [2.75, 3.05) is 6.54 Å². The summed E-state index contributed by atoms with van der Waals surface area (Å²) in [5, 5.41) is 26.9. The average molecular weight is 382 g/mol. The van der Waals surface area contributed by atoms with E-state index in [1.54, 1.807) is 0 Å². The Morgan fingerprint density at radius 3 is 2.96 bits per heavy atom. The Balaban J connectivity index is 1.65. The third-order valence-electron chi connectivity index (χ3n) is 5.66.